The zero-order valence-electron chi connectivity index (χ0n) is 23.5. The van der Waals surface area contributed by atoms with Crippen LogP contribution in [-0.4, -0.2) is 97.4 Å². The van der Waals surface area contributed by atoms with Crippen LogP contribution in [0.1, 0.15) is 29.0 Å². The molecule has 9 nitrogen and oxygen atoms in total. The van der Waals surface area contributed by atoms with Gasteiger partial charge >= 0.3 is 0 Å². The molecule has 0 radical (unpaired) electrons. The molecule has 9 heteroatoms. The van der Waals surface area contributed by atoms with E-state index in [1.54, 1.807) is 21.3 Å². The number of aliphatic hydroxyl groups excluding tert-OH is 1. The van der Waals surface area contributed by atoms with Crippen LogP contribution in [-0.2, 0) is 36.9 Å². The fourth-order valence-corrected chi connectivity index (χ4v) is 5.34. The van der Waals surface area contributed by atoms with Gasteiger partial charge in [-0.15, -0.1) is 0 Å². The molecule has 0 aliphatic carbocycles. The fourth-order valence-electron chi connectivity index (χ4n) is 5.34. The van der Waals surface area contributed by atoms with Crippen molar-refractivity contribution in [2.45, 2.75) is 43.9 Å². The number of rotatable bonds is 15. The number of ether oxygens (including phenoxy) is 6. The number of hydrogen-bond donors (Lipinski definition) is 2. The largest absolute Gasteiger partial charge is 0.490 e. The quantitative estimate of drug-likeness (QED) is 0.329. The number of piperidine rings is 1. The Morgan fingerprint density at radius 1 is 0.923 bits per heavy atom. The first-order valence-electron chi connectivity index (χ1n) is 13.8. The Hall–Kier alpha value is -2.24. The lowest BCUT2D eigenvalue weighted by Crippen LogP contribution is -2.51. The number of benzene rings is 2. The Morgan fingerprint density at radius 2 is 1.69 bits per heavy atom. The minimum atomic E-state index is -0.675. The number of nitrogens with zero attached hydrogens (tertiary/aromatic N) is 1. The molecule has 0 bridgehead atoms. The van der Waals surface area contributed by atoms with Crippen LogP contribution in [0.4, 0.5) is 5.69 Å². The molecule has 2 aromatic rings. The first kappa shape index (κ1) is 29.7. The van der Waals surface area contributed by atoms with Gasteiger partial charge in [-0.2, -0.15) is 0 Å². The first-order valence-corrected chi connectivity index (χ1v) is 13.8. The Balaban J connectivity index is 1.48. The third kappa shape index (κ3) is 8.38. The Bertz CT molecular complexity index is 990. The normalized spacial score (nSPS) is 21.8. The lowest BCUT2D eigenvalue weighted by molar-refractivity contribution is -0.0856. The van der Waals surface area contributed by atoms with Crippen molar-refractivity contribution in [2.75, 3.05) is 78.8 Å². The molecule has 2 aliphatic rings. The second-order valence-corrected chi connectivity index (χ2v) is 10.2. The van der Waals surface area contributed by atoms with Gasteiger partial charge in [0, 0.05) is 53.5 Å². The predicted molar refractivity (Wildman–Crippen MR) is 150 cm³/mol. The van der Waals surface area contributed by atoms with Crippen molar-refractivity contribution >= 4 is 5.69 Å². The number of fused-ring (bicyclic) bond motifs is 1. The average Bonchev–Trinajstić information content (AvgIpc) is 2.96. The van der Waals surface area contributed by atoms with Crippen LogP contribution in [0, 0.1) is 0 Å². The highest BCUT2D eigenvalue weighted by Crippen LogP contribution is 2.34. The molecule has 4 atom stereocenters. The zero-order chi connectivity index (χ0) is 27.5. The monoisotopic (exact) mass is 544 g/mol. The van der Waals surface area contributed by atoms with Crippen LogP contribution in [0.3, 0.4) is 0 Å². The van der Waals surface area contributed by atoms with Crippen molar-refractivity contribution in [3.05, 3.63) is 59.2 Å². The summed E-state index contributed by atoms with van der Waals surface area (Å²) in [6, 6.07) is 14.8. The van der Waals surface area contributed by atoms with E-state index in [-0.39, 0.29) is 31.3 Å². The van der Waals surface area contributed by atoms with E-state index in [0.717, 1.165) is 54.2 Å². The number of nitrogens with one attached hydrogen (secondary N) is 1. The van der Waals surface area contributed by atoms with Gasteiger partial charge in [-0.25, -0.2) is 0 Å². The minimum absolute atomic E-state index is 0.00379. The van der Waals surface area contributed by atoms with Gasteiger partial charge in [-0.1, -0.05) is 30.3 Å². The summed E-state index contributed by atoms with van der Waals surface area (Å²) >= 11 is 0. The third-order valence-corrected chi connectivity index (χ3v) is 7.25. The molecular formula is C30H44N2O7. The molecule has 1 fully saturated rings. The lowest BCUT2D eigenvalue weighted by Gasteiger charge is -2.39. The molecule has 2 heterocycles. The topological polar surface area (TPSA) is 90.9 Å². The van der Waals surface area contributed by atoms with E-state index in [1.807, 2.05) is 6.07 Å². The molecule has 39 heavy (non-hydrogen) atoms. The van der Waals surface area contributed by atoms with Crippen LogP contribution < -0.4 is 15.0 Å². The maximum absolute atomic E-state index is 10.2. The second kappa shape index (κ2) is 15.5. The molecule has 4 rings (SSSR count). The van der Waals surface area contributed by atoms with Crippen molar-refractivity contribution in [3.8, 4) is 5.75 Å². The van der Waals surface area contributed by atoms with Gasteiger partial charge < -0.3 is 43.7 Å². The molecular weight excluding hydrogens is 500 g/mol. The van der Waals surface area contributed by atoms with Gasteiger partial charge in [0.2, 0.25) is 0 Å². The van der Waals surface area contributed by atoms with Gasteiger partial charge in [-0.05, 0) is 35.2 Å². The molecule has 216 valence electrons. The van der Waals surface area contributed by atoms with E-state index < -0.39 is 6.10 Å². The highest BCUT2D eigenvalue weighted by molar-refractivity contribution is 5.61. The number of aliphatic hydroxyl groups is 1. The molecule has 2 aliphatic heterocycles. The average molecular weight is 545 g/mol. The maximum atomic E-state index is 10.2. The van der Waals surface area contributed by atoms with Crippen LogP contribution in [0.2, 0.25) is 0 Å². The molecule has 0 unspecified atom stereocenters. The number of methoxy groups -OCH3 is 3. The van der Waals surface area contributed by atoms with E-state index in [9.17, 15) is 5.11 Å². The predicted octanol–water partition coefficient (Wildman–Crippen LogP) is 2.73. The minimum Gasteiger partial charge on any atom is -0.490 e. The standard InChI is InChI=1S/C30H44N2O7/c1-34-13-4-11-32-12-14-37-27-10-7-23(15-26(27)32)19-38-28-16-31-17-29(39-21-25(33)20-36-3)30(28)24-8-5-22(6-9-24)18-35-2/h5-10,15,25,28-31,33H,4,11-14,16-21H2,1-3H3/t25-,28+,29-,30-/m1/s1. The highest BCUT2D eigenvalue weighted by atomic mass is 16.5. The second-order valence-electron chi connectivity index (χ2n) is 10.2. The van der Waals surface area contributed by atoms with Gasteiger partial charge in [0.1, 0.15) is 18.5 Å². The van der Waals surface area contributed by atoms with Gasteiger partial charge in [-0.3, -0.25) is 0 Å². The molecule has 0 amide bonds. The summed E-state index contributed by atoms with van der Waals surface area (Å²) in [5, 5.41) is 13.7. The van der Waals surface area contributed by atoms with Crippen molar-refractivity contribution in [2.24, 2.45) is 0 Å². The lowest BCUT2D eigenvalue weighted by atomic mass is 9.85. The third-order valence-electron chi connectivity index (χ3n) is 7.25. The Kier molecular flexibility index (Phi) is 11.8. The highest BCUT2D eigenvalue weighted by Gasteiger charge is 2.36. The number of hydrogen-bond acceptors (Lipinski definition) is 9. The number of anilines is 1. The summed E-state index contributed by atoms with van der Waals surface area (Å²) in [6.07, 6.45) is 0.0272. The maximum Gasteiger partial charge on any atom is 0.142 e. The molecule has 0 spiro atoms. The SMILES string of the molecule is COCCCN1CCOc2ccc(CO[C@H]3CNC[C@@H](OC[C@H](O)COC)[C@@H]3c3ccc(COC)cc3)cc21. The van der Waals surface area contributed by atoms with E-state index >= 15 is 0 Å². The van der Waals surface area contributed by atoms with Crippen molar-refractivity contribution in [3.63, 3.8) is 0 Å². The van der Waals surface area contributed by atoms with E-state index in [1.165, 1.54) is 0 Å². The zero-order valence-corrected chi connectivity index (χ0v) is 23.5. The molecule has 2 N–H and O–H groups in total. The first-order chi connectivity index (χ1) is 19.1. The van der Waals surface area contributed by atoms with Crippen LogP contribution >= 0.6 is 0 Å². The summed E-state index contributed by atoms with van der Waals surface area (Å²) < 4.78 is 34.3. The Morgan fingerprint density at radius 3 is 2.44 bits per heavy atom. The Labute approximate surface area is 232 Å². The van der Waals surface area contributed by atoms with Crippen molar-refractivity contribution in [1.82, 2.24) is 5.32 Å². The molecule has 1 saturated heterocycles. The molecule has 2 aromatic carbocycles. The fraction of sp³-hybridized carbons (Fsp3) is 0.600. The summed E-state index contributed by atoms with van der Waals surface area (Å²) in [7, 11) is 5.01. The smallest absolute Gasteiger partial charge is 0.142 e. The van der Waals surface area contributed by atoms with Gasteiger partial charge in [0.05, 0.1) is 50.9 Å². The molecule has 0 aromatic heterocycles. The summed E-state index contributed by atoms with van der Waals surface area (Å²) in [5.41, 5.74) is 4.48. The van der Waals surface area contributed by atoms with Crippen molar-refractivity contribution < 1.29 is 33.5 Å². The van der Waals surface area contributed by atoms with E-state index in [0.29, 0.717) is 32.9 Å². The van der Waals surface area contributed by atoms with Crippen LogP contribution in [0.25, 0.3) is 0 Å². The van der Waals surface area contributed by atoms with Gasteiger partial charge in [0.25, 0.3) is 0 Å². The van der Waals surface area contributed by atoms with Crippen LogP contribution in [0.15, 0.2) is 42.5 Å². The van der Waals surface area contributed by atoms with E-state index in [2.05, 4.69) is 46.6 Å². The van der Waals surface area contributed by atoms with Crippen LogP contribution in [0.5, 0.6) is 5.75 Å². The molecule has 0 saturated carbocycles. The van der Waals surface area contributed by atoms with Crippen molar-refractivity contribution in [1.29, 1.82) is 0 Å². The summed E-state index contributed by atoms with van der Waals surface area (Å²) in [6.45, 7) is 6.09. The summed E-state index contributed by atoms with van der Waals surface area (Å²) in [4.78, 5) is 2.36. The summed E-state index contributed by atoms with van der Waals surface area (Å²) in [5.74, 6) is 0.919. The van der Waals surface area contributed by atoms with Gasteiger partial charge in [0.15, 0.2) is 0 Å². The van der Waals surface area contributed by atoms with E-state index in [4.69, 9.17) is 28.4 Å².